The number of amides is 1. The van der Waals surface area contributed by atoms with E-state index in [1.54, 1.807) is 12.5 Å². The van der Waals surface area contributed by atoms with E-state index in [9.17, 15) is 4.79 Å². The minimum Gasteiger partial charge on any atom is -0.381 e. The van der Waals surface area contributed by atoms with Crippen molar-refractivity contribution in [3.05, 3.63) is 18.2 Å². The maximum Gasteiger partial charge on any atom is 0.229 e. The largest absolute Gasteiger partial charge is 0.381 e. The highest BCUT2D eigenvalue weighted by Gasteiger charge is 2.21. The fourth-order valence-corrected chi connectivity index (χ4v) is 2.11. The molecule has 1 aromatic heterocycles. The summed E-state index contributed by atoms with van der Waals surface area (Å²) in [6.07, 6.45) is 3.76. The predicted octanol–water partition coefficient (Wildman–Crippen LogP) is 0.231. The first-order chi connectivity index (χ1) is 6.88. The molecule has 15 heavy (non-hydrogen) atoms. The summed E-state index contributed by atoms with van der Waals surface area (Å²) < 4.78 is 0. The van der Waals surface area contributed by atoms with E-state index in [0.717, 1.165) is 5.69 Å². The number of aromatic amines is 1. The second-order valence-electron chi connectivity index (χ2n) is 4.63. The molecule has 1 amide bonds. The van der Waals surface area contributed by atoms with Crippen LogP contribution in [-0.2, 0) is 11.2 Å². The van der Waals surface area contributed by atoms with E-state index in [2.05, 4.69) is 34.6 Å². The Balaban J connectivity index is 2.47. The van der Waals surface area contributed by atoms with Crippen LogP contribution in [0.2, 0.25) is 19.6 Å². The van der Waals surface area contributed by atoms with Gasteiger partial charge >= 0.3 is 0 Å². The van der Waals surface area contributed by atoms with Crippen molar-refractivity contribution in [1.82, 2.24) is 15.0 Å². The number of nitrogens with one attached hydrogen (secondary N) is 2. The summed E-state index contributed by atoms with van der Waals surface area (Å²) in [5.41, 5.74) is 6.66. The zero-order valence-corrected chi connectivity index (χ0v) is 10.4. The van der Waals surface area contributed by atoms with Crippen LogP contribution in [0.4, 0.5) is 0 Å². The summed E-state index contributed by atoms with van der Waals surface area (Å²) in [7, 11) is -1.59. The van der Waals surface area contributed by atoms with E-state index >= 15 is 0 Å². The normalized spacial score (nSPS) is 13.6. The number of nitrogens with zero attached hydrogens (tertiary/aromatic N) is 1. The summed E-state index contributed by atoms with van der Waals surface area (Å²) in [4.78, 5) is 21.4. The highest BCUT2D eigenvalue weighted by molar-refractivity contribution is 6.75. The second kappa shape index (κ2) is 4.58. The van der Waals surface area contributed by atoms with Gasteiger partial charge in [-0.2, -0.15) is 0 Å². The van der Waals surface area contributed by atoms with Crippen LogP contribution in [0.1, 0.15) is 5.69 Å². The van der Waals surface area contributed by atoms with Crippen molar-refractivity contribution in [2.24, 2.45) is 5.73 Å². The van der Waals surface area contributed by atoms with Crippen molar-refractivity contribution in [3.8, 4) is 0 Å². The molecule has 6 heteroatoms. The minimum atomic E-state index is -1.59. The van der Waals surface area contributed by atoms with E-state index in [1.165, 1.54) is 0 Å². The van der Waals surface area contributed by atoms with Gasteiger partial charge in [-0.3, -0.25) is 4.79 Å². The molecular weight excluding hydrogens is 208 g/mol. The van der Waals surface area contributed by atoms with Crippen molar-refractivity contribution in [3.63, 3.8) is 0 Å². The maximum atomic E-state index is 11.6. The topological polar surface area (TPSA) is 83.8 Å². The molecule has 0 fully saturated rings. The monoisotopic (exact) mass is 226 g/mol. The van der Waals surface area contributed by atoms with E-state index < -0.39 is 14.3 Å². The molecule has 4 N–H and O–H groups in total. The molecule has 0 aliphatic heterocycles. The molecule has 0 saturated heterocycles. The van der Waals surface area contributed by atoms with Crippen molar-refractivity contribution in [2.45, 2.75) is 32.1 Å². The number of carbonyl (C=O) groups excluding carboxylic acids is 1. The molecule has 0 radical (unpaired) electrons. The first kappa shape index (κ1) is 11.9. The average molecular weight is 226 g/mol. The highest BCUT2D eigenvalue weighted by Crippen LogP contribution is 1.99. The van der Waals surface area contributed by atoms with Gasteiger partial charge in [0.2, 0.25) is 5.91 Å². The van der Waals surface area contributed by atoms with Crippen LogP contribution in [0.5, 0.6) is 0 Å². The summed E-state index contributed by atoms with van der Waals surface area (Å²) in [5, 5.41) is 0. The van der Waals surface area contributed by atoms with Crippen molar-refractivity contribution in [1.29, 1.82) is 0 Å². The molecule has 0 aliphatic rings. The molecule has 0 bridgehead atoms. The zero-order valence-electron chi connectivity index (χ0n) is 9.37. The highest BCUT2D eigenvalue weighted by atomic mass is 28.3. The number of aromatic nitrogens is 2. The van der Waals surface area contributed by atoms with Gasteiger partial charge < -0.3 is 15.7 Å². The predicted molar refractivity (Wildman–Crippen MR) is 61.8 cm³/mol. The number of imidazole rings is 1. The summed E-state index contributed by atoms with van der Waals surface area (Å²) in [6.45, 7) is 6.19. The van der Waals surface area contributed by atoms with E-state index in [1.807, 2.05) is 0 Å². The van der Waals surface area contributed by atoms with Crippen molar-refractivity contribution >= 4 is 14.1 Å². The Morgan fingerprint density at radius 3 is 2.80 bits per heavy atom. The number of H-pyrrole nitrogens is 1. The maximum absolute atomic E-state index is 11.6. The van der Waals surface area contributed by atoms with Crippen LogP contribution in [0, 0.1) is 0 Å². The fraction of sp³-hybridized carbons (Fsp3) is 0.556. The lowest BCUT2D eigenvalue weighted by atomic mass is 10.2. The molecule has 1 heterocycles. The quantitative estimate of drug-likeness (QED) is 0.643. The van der Waals surface area contributed by atoms with Gasteiger partial charge in [0.05, 0.1) is 12.4 Å². The van der Waals surface area contributed by atoms with Crippen LogP contribution in [-0.4, -0.2) is 30.2 Å². The summed E-state index contributed by atoms with van der Waals surface area (Å²) in [5.74, 6) is -0.0798. The molecule has 5 nitrogen and oxygen atoms in total. The third-order valence-electron chi connectivity index (χ3n) is 1.83. The Kier molecular flexibility index (Phi) is 3.65. The standard InChI is InChI=1S/C9H18N4OSi/c1-15(2,3)13-9(14)8(10)4-7-5-11-6-12-7/h5-6,8H,4,10H2,1-3H3,(H,11,12)(H,13,14)/t8-/m0/s1. The Bertz CT molecular complexity index is 317. The second-order valence-corrected chi connectivity index (χ2v) is 9.38. The van der Waals surface area contributed by atoms with Crippen LogP contribution >= 0.6 is 0 Å². The average Bonchev–Trinajstić information content (AvgIpc) is 2.53. The zero-order chi connectivity index (χ0) is 11.5. The lowest BCUT2D eigenvalue weighted by Gasteiger charge is -2.20. The van der Waals surface area contributed by atoms with Crippen molar-refractivity contribution in [2.75, 3.05) is 0 Å². The molecule has 0 aromatic carbocycles. The third kappa shape index (κ3) is 4.26. The fourth-order valence-electron chi connectivity index (χ4n) is 1.19. The molecule has 0 spiro atoms. The van der Waals surface area contributed by atoms with Gasteiger partial charge in [0, 0.05) is 18.3 Å². The van der Waals surface area contributed by atoms with E-state index in [-0.39, 0.29) is 5.91 Å². The third-order valence-corrected chi connectivity index (χ3v) is 2.83. The first-order valence-corrected chi connectivity index (χ1v) is 8.43. The number of hydrogen-bond acceptors (Lipinski definition) is 3. The van der Waals surface area contributed by atoms with Crippen molar-refractivity contribution < 1.29 is 4.79 Å². The molecule has 1 atom stereocenters. The molecule has 1 aromatic rings. The van der Waals surface area contributed by atoms with E-state index in [4.69, 9.17) is 5.73 Å². The van der Waals surface area contributed by atoms with Crippen LogP contribution in [0.15, 0.2) is 12.5 Å². The smallest absolute Gasteiger partial charge is 0.229 e. The van der Waals surface area contributed by atoms with Crippen LogP contribution < -0.4 is 10.7 Å². The van der Waals surface area contributed by atoms with E-state index in [0.29, 0.717) is 6.42 Å². The number of nitrogens with two attached hydrogens (primary N) is 1. The molecule has 0 saturated carbocycles. The van der Waals surface area contributed by atoms with Gasteiger partial charge in [0.15, 0.2) is 0 Å². The first-order valence-electron chi connectivity index (χ1n) is 4.93. The number of carbonyl (C=O) groups is 1. The molecule has 0 aliphatic carbocycles. The Hall–Kier alpha value is -1.14. The summed E-state index contributed by atoms with van der Waals surface area (Å²) >= 11 is 0. The van der Waals surface area contributed by atoms with Crippen LogP contribution in [0.3, 0.4) is 0 Å². The van der Waals surface area contributed by atoms with Gasteiger partial charge in [0.1, 0.15) is 8.24 Å². The number of hydrogen-bond donors (Lipinski definition) is 3. The number of rotatable bonds is 4. The lowest BCUT2D eigenvalue weighted by molar-refractivity contribution is -0.120. The molecule has 84 valence electrons. The van der Waals surface area contributed by atoms with Gasteiger partial charge in [0.25, 0.3) is 0 Å². The Labute approximate surface area is 90.6 Å². The molecule has 0 unspecified atom stereocenters. The summed E-state index contributed by atoms with van der Waals surface area (Å²) in [6, 6.07) is -0.503. The SMILES string of the molecule is C[Si](C)(C)NC(=O)[C@@H](N)Cc1cnc[nH]1. The van der Waals surface area contributed by atoms with Gasteiger partial charge in [-0.25, -0.2) is 4.98 Å². The molecule has 1 rings (SSSR count). The van der Waals surface area contributed by atoms with Gasteiger partial charge in [-0.05, 0) is 0 Å². The van der Waals surface area contributed by atoms with Gasteiger partial charge in [-0.15, -0.1) is 0 Å². The Morgan fingerprint density at radius 1 is 1.67 bits per heavy atom. The van der Waals surface area contributed by atoms with Crippen LogP contribution in [0.25, 0.3) is 0 Å². The molecular formula is C9H18N4OSi. The lowest BCUT2D eigenvalue weighted by Crippen LogP contribution is -2.52. The van der Waals surface area contributed by atoms with Gasteiger partial charge in [-0.1, -0.05) is 19.6 Å². The Morgan fingerprint density at radius 2 is 2.33 bits per heavy atom. The minimum absolute atomic E-state index is 0.0798.